The van der Waals surface area contributed by atoms with Crippen molar-refractivity contribution in [2.45, 2.75) is 39.3 Å². The number of amides is 1. The quantitative estimate of drug-likeness (QED) is 0.875. The Bertz CT molecular complexity index is 485. The van der Waals surface area contributed by atoms with Gasteiger partial charge in [-0.2, -0.15) is 0 Å². The highest BCUT2D eigenvalue weighted by Crippen LogP contribution is 2.17. The predicted molar refractivity (Wildman–Crippen MR) is 79.7 cm³/mol. The largest absolute Gasteiger partial charge is 0.484 e. The van der Waals surface area contributed by atoms with Crippen LogP contribution in [-0.2, 0) is 11.3 Å². The summed E-state index contributed by atoms with van der Waals surface area (Å²) in [6, 6.07) is 4.89. The standard InChI is InChI=1S/C16H23FN2O2/c1-12(2)18-10-13-7-14(17)9-15(8-13)21-11-16(20)19-5-3-4-6-19/h7-9,12,18H,3-6,10-11H2,1-2H3. The van der Waals surface area contributed by atoms with E-state index in [2.05, 4.69) is 5.32 Å². The van der Waals surface area contributed by atoms with E-state index in [4.69, 9.17) is 4.74 Å². The molecule has 1 aliphatic heterocycles. The van der Waals surface area contributed by atoms with E-state index in [1.54, 1.807) is 11.0 Å². The van der Waals surface area contributed by atoms with Crippen molar-refractivity contribution in [2.75, 3.05) is 19.7 Å². The molecule has 0 radical (unpaired) electrons. The molecule has 1 aromatic carbocycles. The first-order valence-corrected chi connectivity index (χ1v) is 7.48. The number of likely N-dealkylation sites (tertiary alicyclic amines) is 1. The average Bonchev–Trinajstić information content (AvgIpc) is 2.96. The van der Waals surface area contributed by atoms with E-state index in [1.807, 2.05) is 13.8 Å². The zero-order chi connectivity index (χ0) is 15.2. The van der Waals surface area contributed by atoms with Crippen LogP contribution in [-0.4, -0.2) is 36.5 Å². The summed E-state index contributed by atoms with van der Waals surface area (Å²) in [6.07, 6.45) is 2.10. The van der Waals surface area contributed by atoms with E-state index in [0.29, 0.717) is 18.3 Å². The molecule has 4 nitrogen and oxygen atoms in total. The molecule has 0 aliphatic carbocycles. The molecule has 2 rings (SSSR count). The topological polar surface area (TPSA) is 41.6 Å². The Hall–Kier alpha value is -1.62. The summed E-state index contributed by atoms with van der Waals surface area (Å²) >= 11 is 0. The Morgan fingerprint density at radius 3 is 2.71 bits per heavy atom. The highest BCUT2D eigenvalue weighted by Gasteiger charge is 2.18. The molecule has 0 spiro atoms. The maximum atomic E-state index is 13.6. The molecular weight excluding hydrogens is 271 g/mol. The number of carbonyl (C=O) groups is 1. The van der Waals surface area contributed by atoms with Crippen LogP contribution in [0.1, 0.15) is 32.3 Å². The summed E-state index contributed by atoms with van der Waals surface area (Å²) in [7, 11) is 0. The summed E-state index contributed by atoms with van der Waals surface area (Å²) in [5, 5.41) is 3.23. The van der Waals surface area contributed by atoms with Crippen LogP contribution in [0.4, 0.5) is 4.39 Å². The first-order chi connectivity index (χ1) is 10.0. The van der Waals surface area contributed by atoms with Gasteiger partial charge in [-0.05, 0) is 30.5 Å². The molecule has 5 heteroatoms. The number of halogens is 1. The van der Waals surface area contributed by atoms with Gasteiger partial charge < -0.3 is 15.0 Å². The van der Waals surface area contributed by atoms with Crippen molar-refractivity contribution < 1.29 is 13.9 Å². The second-order valence-corrected chi connectivity index (χ2v) is 5.71. The van der Waals surface area contributed by atoms with Crippen LogP contribution in [0.15, 0.2) is 18.2 Å². The molecular formula is C16H23FN2O2. The van der Waals surface area contributed by atoms with Gasteiger partial charge in [-0.15, -0.1) is 0 Å². The summed E-state index contributed by atoms with van der Waals surface area (Å²) in [4.78, 5) is 13.7. The zero-order valence-corrected chi connectivity index (χ0v) is 12.7. The number of rotatable bonds is 6. The molecule has 0 aromatic heterocycles. The van der Waals surface area contributed by atoms with Crippen LogP contribution < -0.4 is 10.1 Å². The average molecular weight is 294 g/mol. The minimum absolute atomic E-state index is 0.0273. The van der Waals surface area contributed by atoms with Gasteiger partial charge in [-0.3, -0.25) is 4.79 Å². The molecule has 1 amide bonds. The van der Waals surface area contributed by atoms with Crippen molar-refractivity contribution in [3.8, 4) is 5.75 Å². The van der Waals surface area contributed by atoms with Crippen molar-refractivity contribution in [1.82, 2.24) is 10.2 Å². The number of hydrogen-bond acceptors (Lipinski definition) is 3. The van der Waals surface area contributed by atoms with Gasteiger partial charge in [0.2, 0.25) is 0 Å². The maximum Gasteiger partial charge on any atom is 0.260 e. The summed E-state index contributed by atoms with van der Waals surface area (Å²) in [5.74, 6) is 0.0309. The Labute approximate surface area is 125 Å². The number of benzene rings is 1. The van der Waals surface area contributed by atoms with Crippen LogP contribution in [0.5, 0.6) is 5.75 Å². The molecule has 1 saturated heterocycles. The predicted octanol–water partition coefficient (Wildman–Crippen LogP) is 2.32. The first-order valence-electron chi connectivity index (χ1n) is 7.48. The van der Waals surface area contributed by atoms with Gasteiger partial charge in [0, 0.05) is 31.7 Å². The Kier molecular flexibility index (Phi) is 5.56. The maximum absolute atomic E-state index is 13.6. The van der Waals surface area contributed by atoms with Gasteiger partial charge in [0.1, 0.15) is 11.6 Å². The van der Waals surface area contributed by atoms with Crippen molar-refractivity contribution in [2.24, 2.45) is 0 Å². The van der Waals surface area contributed by atoms with E-state index in [-0.39, 0.29) is 18.3 Å². The van der Waals surface area contributed by atoms with E-state index in [9.17, 15) is 9.18 Å². The molecule has 1 aromatic rings. The summed E-state index contributed by atoms with van der Waals surface area (Å²) in [6.45, 7) is 6.22. The van der Waals surface area contributed by atoms with Gasteiger partial charge in [0.05, 0.1) is 0 Å². The fourth-order valence-electron chi connectivity index (χ4n) is 2.33. The van der Waals surface area contributed by atoms with E-state index in [1.165, 1.54) is 12.1 Å². The summed E-state index contributed by atoms with van der Waals surface area (Å²) in [5.41, 5.74) is 0.812. The smallest absolute Gasteiger partial charge is 0.260 e. The van der Waals surface area contributed by atoms with E-state index < -0.39 is 0 Å². The third-order valence-corrected chi connectivity index (χ3v) is 3.47. The number of carbonyl (C=O) groups excluding carboxylic acids is 1. The van der Waals surface area contributed by atoms with Crippen LogP contribution in [0.3, 0.4) is 0 Å². The number of ether oxygens (including phenoxy) is 1. The first kappa shape index (κ1) is 15.8. The third-order valence-electron chi connectivity index (χ3n) is 3.47. The Morgan fingerprint density at radius 2 is 2.05 bits per heavy atom. The molecule has 0 saturated carbocycles. The van der Waals surface area contributed by atoms with Crippen LogP contribution in [0.2, 0.25) is 0 Å². The van der Waals surface area contributed by atoms with Gasteiger partial charge in [-0.1, -0.05) is 13.8 Å². The van der Waals surface area contributed by atoms with Crippen LogP contribution in [0, 0.1) is 5.82 Å². The third kappa shape index (κ3) is 5.01. The minimum atomic E-state index is -0.346. The second kappa shape index (κ2) is 7.41. The SMILES string of the molecule is CC(C)NCc1cc(F)cc(OCC(=O)N2CCCC2)c1. The van der Waals surface area contributed by atoms with Crippen molar-refractivity contribution >= 4 is 5.91 Å². The van der Waals surface area contributed by atoms with Gasteiger partial charge in [0.25, 0.3) is 5.91 Å². The minimum Gasteiger partial charge on any atom is -0.484 e. The Morgan fingerprint density at radius 1 is 1.33 bits per heavy atom. The van der Waals surface area contributed by atoms with Gasteiger partial charge in [0.15, 0.2) is 6.61 Å². The van der Waals surface area contributed by atoms with Crippen molar-refractivity contribution in [1.29, 1.82) is 0 Å². The monoisotopic (exact) mass is 294 g/mol. The molecule has 0 atom stereocenters. The number of hydrogen-bond donors (Lipinski definition) is 1. The van der Waals surface area contributed by atoms with Crippen molar-refractivity contribution in [3.05, 3.63) is 29.6 Å². The molecule has 1 N–H and O–H groups in total. The molecule has 0 unspecified atom stereocenters. The fourth-order valence-corrected chi connectivity index (χ4v) is 2.33. The lowest BCUT2D eigenvalue weighted by Gasteiger charge is -2.16. The van der Waals surface area contributed by atoms with Gasteiger partial charge >= 0.3 is 0 Å². The summed E-state index contributed by atoms with van der Waals surface area (Å²) < 4.78 is 19.0. The number of nitrogens with one attached hydrogen (secondary N) is 1. The molecule has 21 heavy (non-hydrogen) atoms. The van der Waals surface area contributed by atoms with E-state index in [0.717, 1.165) is 31.5 Å². The molecule has 1 aliphatic rings. The second-order valence-electron chi connectivity index (χ2n) is 5.71. The number of nitrogens with zero attached hydrogens (tertiary/aromatic N) is 1. The van der Waals surface area contributed by atoms with Crippen LogP contribution in [0.25, 0.3) is 0 Å². The molecule has 116 valence electrons. The normalized spacial score (nSPS) is 14.8. The van der Waals surface area contributed by atoms with Gasteiger partial charge in [-0.25, -0.2) is 4.39 Å². The molecule has 1 fully saturated rings. The lowest BCUT2D eigenvalue weighted by Crippen LogP contribution is -2.32. The molecule has 1 heterocycles. The lowest BCUT2D eigenvalue weighted by molar-refractivity contribution is -0.132. The zero-order valence-electron chi connectivity index (χ0n) is 12.7. The van der Waals surface area contributed by atoms with Crippen LogP contribution >= 0.6 is 0 Å². The van der Waals surface area contributed by atoms with E-state index >= 15 is 0 Å². The highest BCUT2D eigenvalue weighted by atomic mass is 19.1. The highest BCUT2D eigenvalue weighted by molar-refractivity contribution is 5.78. The molecule has 0 bridgehead atoms. The Balaban J connectivity index is 1.91. The fraction of sp³-hybridized carbons (Fsp3) is 0.562. The van der Waals surface area contributed by atoms with Crippen molar-refractivity contribution in [3.63, 3.8) is 0 Å². The lowest BCUT2D eigenvalue weighted by atomic mass is 10.2.